The van der Waals surface area contributed by atoms with Crippen molar-refractivity contribution < 1.29 is 15.3 Å². The lowest BCUT2D eigenvalue weighted by Crippen LogP contribution is -2.37. The fourth-order valence-electron chi connectivity index (χ4n) is 1.30. The Labute approximate surface area is 95.9 Å². The summed E-state index contributed by atoms with van der Waals surface area (Å²) >= 11 is 1.42. The van der Waals surface area contributed by atoms with Crippen LogP contribution in [0.5, 0.6) is 0 Å². The Kier molecular flexibility index (Phi) is 8.46. The zero-order valence-electron chi connectivity index (χ0n) is 9.47. The summed E-state index contributed by atoms with van der Waals surface area (Å²) in [6.07, 6.45) is 0.128. The van der Waals surface area contributed by atoms with Crippen LogP contribution in [-0.4, -0.2) is 51.7 Å². The van der Waals surface area contributed by atoms with Gasteiger partial charge in [0.05, 0.1) is 19.3 Å². The van der Waals surface area contributed by atoms with Crippen LogP contribution in [0.15, 0.2) is 0 Å². The van der Waals surface area contributed by atoms with E-state index in [1.165, 1.54) is 11.8 Å². The Hall–Kier alpha value is 0.190. The quantitative estimate of drug-likeness (QED) is 0.470. The van der Waals surface area contributed by atoms with Gasteiger partial charge in [-0.3, -0.25) is 0 Å². The van der Waals surface area contributed by atoms with E-state index in [1.54, 1.807) is 0 Å². The molecule has 0 rings (SSSR count). The average molecular weight is 237 g/mol. The molecule has 0 aromatic carbocycles. The van der Waals surface area contributed by atoms with Crippen molar-refractivity contribution in [2.45, 2.75) is 37.7 Å². The van der Waals surface area contributed by atoms with Gasteiger partial charge in [-0.05, 0) is 12.3 Å². The Morgan fingerprint density at radius 1 is 1.20 bits per heavy atom. The minimum atomic E-state index is -0.727. The van der Waals surface area contributed by atoms with Crippen molar-refractivity contribution in [1.29, 1.82) is 0 Å². The summed E-state index contributed by atoms with van der Waals surface area (Å²) in [5, 5.41) is 26.9. The lowest BCUT2D eigenvalue weighted by Gasteiger charge is -2.23. The molecule has 0 radical (unpaired) electrons. The van der Waals surface area contributed by atoms with Gasteiger partial charge < -0.3 is 21.1 Å². The van der Waals surface area contributed by atoms with Crippen LogP contribution in [0.25, 0.3) is 0 Å². The zero-order valence-corrected chi connectivity index (χ0v) is 10.3. The summed E-state index contributed by atoms with van der Waals surface area (Å²) in [7, 11) is 0. The second-order valence-corrected chi connectivity index (χ2v) is 5.46. The molecule has 3 unspecified atom stereocenters. The van der Waals surface area contributed by atoms with Gasteiger partial charge in [-0.25, -0.2) is 0 Å². The summed E-state index contributed by atoms with van der Waals surface area (Å²) in [6.45, 7) is 3.93. The van der Waals surface area contributed by atoms with Gasteiger partial charge in [0.15, 0.2) is 0 Å². The molecule has 15 heavy (non-hydrogen) atoms. The van der Waals surface area contributed by atoms with Crippen molar-refractivity contribution in [2.75, 3.05) is 19.0 Å². The molecule has 0 heterocycles. The number of aliphatic hydroxyl groups is 3. The molecular weight excluding hydrogens is 214 g/mol. The van der Waals surface area contributed by atoms with Crippen LogP contribution in [0.4, 0.5) is 0 Å². The summed E-state index contributed by atoms with van der Waals surface area (Å²) in [4.78, 5) is 0. The Morgan fingerprint density at radius 2 is 1.80 bits per heavy atom. The molecular formula is C10H23NO3S. The molecule has 0 spiro atoms. The molecule has 0 aromatic rings. The minimum Gasteiger partial charge on any atom is -0.395 e. The van der Waals surface area contributed by atoms with Gasteiger partial charge in [0, 0.05) is 17.0 Å². The Bertz CT molecular complexity index is 158. The van der Waals surface area contributed by atoms with Crippen LogP contribution < -0.4 is 5.73 Å². The molecule has 92 valence electrons. The topological polar surface area (TPSA) is 86.7 Å². The molecule has 0 aromatic heterocycles. The van der Waals surface area contributed by atoms with E-state index in [9.17, 15) is 5.11 Å². The Balaban J connectivity index is 3.89. The molecule has 5 heteroatoms. The van der Waals surface area contributed by atoms with Crippen LogP contribution in [0.1, 0.15) is 20.3 Å². The first-order valence-corrected chi connectivity index (χ1v) is 6.33. The molecule has 0 fully saturated rings. The van der Waals surface area contributed by atoms with E-state index in [0.29, 0.717) is 11.7 Å². The van der Waals surface area contributed by atoms with Gasteiger partial charge in [-0.2, -0.15) is 11.8 Å². The third kappa shape index (κ3) is 7.14. The molecule has 5 N–H and O–H groups in total. The van der Waals surface area contributed by atoms with E-state index in [4.69, 9.17) is 15.9 Å². The van der Waals surface area contributed by atoms with Gasteiger partial charge in [0.2, 0.25) is 0 Å². The lowest BCUT2D eigenvalue weighted by atomic mass is 10.0. The molecule has 0 amide bonds. The van der Waals surface area contributed by atoms with Gasteiger partial charge in [0.1, 0.15) is 0 Å². The number of hydrogen-bond acceptors (Lipinski definition) is 5. The second-order valence-electron chi connectivity index (χ2n) is 4.18. The number of rotatable bonds is 8. The highest BCUT2D eigenvalue weighted by Gasteiger charge is 2.19. The van der Waals surface area contributed by atoms with Gasteiger partial charge in [0.25, 0.3) is 0 Å². The van der Waals surface area contributed by atoms with Crippen molar-refractivity contribution in [2.24, 2.45) is 11.7 Å². The number of thioether (sulfide) groups is 1. The molecule has 0 aliphatic heterocycles. The van der Waals surface area contributed by atoms with E-state index in [0.717, 1.165) is 6.42 Å². The molecule has 4 nitrogen and oxygen atoms in total. The smallest absolute Gasteiger partial charge is 0.0861 e. The van der Waals surface area contributed by atoms with Crippen molar-refractivity contribution in [3.05, 3.63) is 0 Å². The first-order valence-electron chi connectivity index (χ1n) is 5.28. The fraction of sp³-hybridized carbons (Fsp3) is 1.00. The van der Waals surface area contributed by atoms with Crippen molar-refractivity contribution >= 4 is 11.8 Å². The van der Waals surface area contributed by atoms with Gasteiger partial charge in [-0.1, -0.05) is 13.8 Å². The lowest BCUT2D eigenvalue weighted by molar-refractivity contribution is 0.113. The molecule has 0 saturated heterocycles. The van der Waals surface area contributed by atoms with E-state index < -0.39 is 6.10 Å². The number of aliphatic hydroxyl groups excluding tert-OH is 3. The average Bonchev–Trinajstić information content (AvgIpc) is 2.17. The highest BCUT2D eigenvalue weighted by atomic mass is 32.2. The molecule has 0 aliphatic carbocycles. The monoisotopic (exact) mass is 237 g/mol. The summed E-state index contributed by atoms with van der Waals surface area (Å²) in [5.41, 5.74) is 5.93. The maximum atomic E-state index is 9.17. The van der Waals surface area contributed by atoms with Crippen molar-refractivity contribution in [3.63, 3.8) is 0 Å². The highest BCUT2D eigenvalue weighted by molar-refractivity contribution is 8.00. The molecule has 0 aliphatic rings. The van der Waals surface area contributed by atoms with Gasteiger partial charge >= 0.3 is 0 Å². The van der Waals surface area contributed by atoms with E-state index in [-0.39, 0.29) is 24.5 Å². The predicted octanol–water partition coefficient (Wildman–Crippen LogP) is -0.193. The highest BCUT2D eigenvalue weighted by Crippen LogP contribution is 2.18. The van der Waals surface area contributed by atoms with Crippen molar-refractivity contribution in [3.8, 4) is 0 Å². The summed E-state index contributed by atoms with van der Waals surface area (Å²) in [5.74, 6) is 0.908. The number of nitrogens with two attached hydrogens (primary N) is 1. The second kappa shape index (κ2) is 8.35. The zero-order chi connectivity index (χ0) is 11.8. The van der Waals surface area contributed by atoms with Crippen LogP contribution in [0.2, 0.25) is 0 Å². The summed E-state index contributed by atoms with van der Waals surface area (Å²) < 4.78 is 0. The number of hydrogen-bond donors (Lipinski definition) is 4. The third-order valence-electron chi connectivity index (χ3n) is 2.11. The van der Waals surface area contributed by atoms with Crippen molar-refractivity contribution in [1.82, 2.24) is 0 Å². The van der Waals surface area contributed by atoms with Crippen LogP contribution in [0.3, 0.4) is 0 Å². The van der Waals surface area contributed by atoms with Crippen LogP contribution >= 0.6 is 11.8 Å². The van der Waals surface area contributed by atoms with E-state index >= 15 is 0 Å². The maximum absolute atomic E-state index is 9.17. The fourth-order valence-corrected chi connectivity index (χ4v) is 2.33. The SMILES string of the molecule is CC(C)CC(N)C(CO)SCC(O)CO. The van der Waals surface area contributed by atoms with Gasteiger partial charge in [-0.15, -0.1) is 0 Å². The maximum Gasteiger partial charge on any atom is 0.0861 e. The first-order chi connectivity index (χ1) is 7.01. The summed E-state index contributed by atoms with van der Waals surface area (Å²) in [6, 6.07) is -0.0640. The minimum absolute atomic E-state index is 0.0106. The molecule has 0 saturated carbocycles. The first kappa shape index (κ1) is 15.2. The Morgan fingerprint density at radius 3 is 2.20 bits per heavy atom. The molecule has 0 bridgehead atoms. The normalized spacial score (nSPS) is 17.8. The predicted molar refractivity (Wildman–Crippen MR) is 63.9 cm³/mol. The largest absolute Gasteiger partial charge is 0.395 e. The van der Waals surface area contributed by atoms with E-state index in [2.05, 4.69) is 13.8 Å². The standard InChI is InChI=1S/C10H23NO3S/c1-7(2)3-9(11)10(5-13)15-6-8(14)4-12/h7-10,12-14H,3-6,11H2,1-2H3. The third-order valence-corrected chi connectivity index (χ3v) is 3.62. The van der Waals surface area contributed by atoms with Crippen LogP contribution in [0, 0.1) is 5.92 Å². The van der Waals surface area contributed by atoms with Crippen LogP contribution in [-0.2, 0) is 0 Å². The molecule has 3 atom stereocenters. The van der Waals surface area contributed by atoms with E-state index in [1.807, 2.05) is 0 Å².